The largest absolute Gasteiger partial charge is 0.474 e. The number of nitrogens with one attached hydrogen (secondary N) is 1. The Morgan fingerprint density at radius 1 is 1.29 bits per heavy atom. The Bertz CT molecular complexity index is 985. The van der Waals surface area contributed by atoms with E-state index in [9.17, 15) is 17.6 Å². The highest BCUT2D eigenvalue weighted by molar-refractivity contribution is 7.92. The average molecular weight is 407 g/mol. The molecular formula is C19H22FN3O4S. The number of amides is 1. The second kappa shape index (κ2) is 7.38. The van der Waals surface area contributed by atoms with Gasteiger partial charge in [0.05, 0.1) is 17.0 Å². The second-order valence-electron chi connectivity index (χ2n) is 7.67. The first-order chi connectivity index (χ1) is 13.1. The lowest BCUT2D eigenvalue weighted by atomic mass is 9.97. The molecule has 9 heteroatoms. The van der Waals surface area contributed by atoms with Crippen LogP contribution in [0.15, 0.2) is 41.4 Å². The maximum absolute atomic E-state index is 13.2. The number of aromatic nitrogens is 1. The predicted octanol–water partition coefficient (Wildman–Crippen LogP) is 2.58. The Labute approximate surface area is 163 Å². The molecule has 0 bridgehead atoms. The molecule has 0 spiro atoms. The maximum atomic E-state index is 13.2. The molecule has 1 amide bonds. The van der Waals surface area contributed by atoms with E-state index >= 15 is 0 Å². The van der Waals surface area contributed by atoms with Crippen LogP contribution in [-0.4, -0.2) is 39.0 Å². The summed E-state index contributed by atoms with van der Waals surface area (Å²) in [5.74, 6) is -0.750. The van der Waals surface area contributed by atoms with Crippen molar-refractivity contribution in [3.8, 4) is 5.88 Å². The van der Waals surface area contributed by atoms with Gasteiger partial charge in [-0.3, -0.25) is 9.10 Å². The first-order valence-electron chi connectivity index (χ1n) is 8.77. The zero-order chi connectivity index (χ0) is 20.5. The topological polar surface area (TPSA) is 88.6 Å². The number of nitrogens with zero attached hydrogens (tertiary/aromatic N) is 2. The SMILES string of the molecule is CC(C)(C)CNC(=O)c1cnc2c(c1)N(S(=O)(=O)c1ccc(F)cc1)CCO2. The summed E-state index contributed by atoms with van der Waals surface area (Å²) in [5, 5.41) is 2.81. The van der Waals surface area contributed by atoms with Crippen LogP contribution in [0.5, 0.6) is 5.88 Å². The molecule has 1 aliphatic rings. The van der Waals surface area contributed by atoms with E-state index < -0.39 is 15.8 Å². The molecule has 2 heterocycles. The molecule has 0 atom stereocenters. The van der Waals surface area contributed by atoms with Gasteiger partial charge in [-0.05, 0) is 35.7 Å². The number of sulfonamides is 1. The summed E-state index contributed by atoms with van der Waals surface area (Å²) in [4.78, 5) is 16.5. The summed E-state index contributed by atoms with van der Waals surface area (Å²) >= 11 is 0. The van der Waals surface area contributed by atoms with Crippen molar-refractivity contribution < 1.29 is 22.3 Å². The predicted molar refractivity (Wildman–Crippen MR) is 102 cm³/mol. The van der Waals surface area contributed by atoms with Crippen molar-refractivity contribution in [3.63, 3.8) is 0 Å². The quantitative estimate of drug-likeness (QED) is 0.842. The fourth-order valence-corrected chi connectivity index (χ4v) is 4.07. The van der Waals surface area contributed by atoms with Crippen molar-refractivity contribution in [1.82, 2.24) is 10.3 Å². The standard InChI is InChI=1S/C19H22FN3O4S/c1-19(2,3)12-22-17(24)13-10-16-18(21-11-13)27-9-8-23(16)28(25,26)15-6-4-14(20)5-7-15/h4-7,10-11H,8-9,12H2,1-3H3,(H,22,24). The highest BCUT2D eigenvalue weighted by atomic mass is 32.2. The highest BCUT2D eigenvalue weighted by Gasteiger charge is 2.31. The number of hydrogen-bond acceptors (Lipinski definition) is 5. The minimum atomic E-state index is -3.96. The van der Waals surface area contributed by atoms with Crippen molar-refractivity contribution in [3.05, 3.63) is 47.9 Å². The van der Waals surface area contributed by atoms with Gasteiger partial charge in [0.15, 0.2) is 0 Å². The van der Waals surface area contributed by atoms with E-state index in [0.717, 1.165) is 16.4 Å². The van der Waals surface area contributed by atoms with Gasteiger partial charge in [0.2, 0.25) is 5.88 Å². The molecular weight excluding hydrogens is 385 g/mol. The lowest BCUT2D eigenvalue weighted by Crippen LogP contribution is -2.38. The Morgan fingerprint density at radius 2 is 1.96 bits per heavy atom. The number of pyridine rings is 1. The van der Waals surface area contributed by atoms with Crippen LogP contribution >= 0.6 is 0 Å². The summed E-state index contributed by atoms with van der Waals surface area (Å²) in [5.41, 5.74) is 0.310. The molecule has 0 saturated carbocycles. The van der Waals surface area contributed by atoms with Crippen LogP contribution < -0.4 is 14.4 Å². The van der Waals surface area contributed by atoms with Crippen LogP contribution in [0.4, 0.5) is 10.1 Å². The third-order valence-corrected chi connectivity index (χ3v) is 5.90. The number of carbonyl (C=O) groups excluding carboxylic acids is 1. The van der Waals surface area contributed by atoms with E-state index in [0.29, 0.717) is 6.54 Å². The molecule has 150 valence electrons. The molecule has 1 N–H and O–H groups in total. The first-order valence-corrected chi connectivity index (χ1v) is 10.2. The summed E-state index contributed by atoms with van der Waals surface area (Å²) in [6.07, 6.45) is 1.35. The average Bonchev–Trinajstić information content (AvgIpc) is 2.65. The lowest BCUT2D eigenvalue weighted by molar-refractivity contribution is 0.0939. The molecule has 1 aromatic carbocycles. The van der Waals surface area contributed by atoms with Crippen LogP contribution in [0.3, 0.4) is 0 Å². The number of fused-ring (bicyclic) bond motifs is 1. The van der Waals surface area contributed by atoms with Crippen molar-refractivity contribution in [2.75, 3.05) is 24.0 Å². The summed E-state index contributed by atoms with van der Waals surface area (Å²) in [6.45, 7) is 6.60. The molecule has 1 aromatic heterocycles. The molecule has 7 nitrogen and oxygen atoms in total. The molecule has 1 aliphatic heterocycles. The van der Waals surface area contributed by atoms with Crippen molar-refractivity contribution in [1.29, 1.82) is 0 Å². The maximum Gasteiger partial charge on any atom is 0.264 e. The highest BCUT2D eigenvalue weighted by Crippen LogP contribution is 2.34. The summed E-state index contributed by atoms with van der Waals surface area (Å²) < 4.78 is 45.8. The monoisotopic (exact) mass is 407 g/mol. The number of rotatable bonds is 4. The number of ether oxygens (including phenoxy) is 1. The van der Waals surface area contributed by atoms with Gasteiger partial charge in [0.1, 0.15) is 18.1 Å². The molecule has 0 aliphatic carbocycles. The Morgan fingerprint density at radius 3 is 2.61 bits per heavy atom. The smallest absolute Gasteiger partial charge is 0.264 e. The van der Waals surface area contributed by atoms with Crippen molar-refractivity contribution in [2.24, 2.45) is 5.41 Å². The summed E-state index contributed by atoms with van der Waals surface area (Å²) in [7, 11) is -3.96. The van der Waals surface area contributed by atoms with Gasteiger partial charge in [-0.1, -0.05) is 20.8 Å². The molecule has 0 saturated heterocycles. The third-order valence-electron chi connectivity index (χ3n) is 4.08. The molecule has 0 radical (unpaired) electrons. The minimum absolute atomic E-state index is 0.0515. The van der Waals surface area contributed by atoms with Crippen LogP contribution in [0.2, 0.25) is 0 Å². The van der Waals surface area contributed by atoms with Crippen molar-refractivity contribution >= 4 is 21.6 Å². The van der Waals surface area contributed by atoms with Crippen LogP contribution in [0.1, 0.15) is 31.1 Å². The van der Waals surface area contributed by atoms with E-state index in [1.807, 2.05) is 20.8 Å². The van der Waals surface area contributed by atoms with Crippen LogP contribution in [0, 0.1) is 11.2 Å². The van der Waals surface area contributed by atoms with E-state index in [1.54, 1.807) is 0 Å². The fourth-order valence-electron chi connectivity index (χ4n) is 2.63. The fraction of sp³-hybridized carbons (Fsp3) is 0.368. The number of halogens is 1. The van der Waals surface area contributed by atoms with E-state index in [4.69, 9.17) is 4.74 Å². The number of benzene rings is 1. The molecule has 0 fully saturated rings. The van der Waals surface area contributed by atoms with Gasteiger partial charge >= 0.3 is 0 Å². The van der Waals surface area contributed by atoms with Gasteiger partial charge < -0.3 is 10.1 Å². The minimum Gasteiger partial charge on any atom is -0.474 e. The van der Waals surface area contributed by atoms with Gasteiger partial charge in [0, 0.05) is 12.7 Å². The van der Waals surface area contributed by atoms with E-state index in [1.165, 1.54) is 24.4 Å². The molecule has 28 heavy (non-hydrogen) atoms. The molecule has 0 unspecified atom stereocenters. The van der Waals surface area contributed by atoms with Gasteiger partial charge in [-0.2, -0.15) is 0 Å². The Kier molecular flexibility index (Phi) is 5.29. The lowest BCUT2D eigenvalue weighted by Gasteiger charge is -2.30. The number of anilines is 1. The summed E-state index contributed by atoms with van der Waals surface area (Å²) in [6, 6.07) is 6.02. The molecule has 3 rings (SSSR count). The zero-order valence-electron chi connectivity index (χ0n) is 15.9. The zero-order valence-corrected chi connectivity index (χ0v) is 16.7. The normalized spacial score (nSPS) is 14.2. The van der Waals surface area contributed by atoms with Crippen molar-refractivity contribution in [2.45, 2.75) is 25.7 Å². The number of carbonyl (C=O) groups is 1. The van der Waals surface area contributed by atoms with Crippen LogP contribution in [0.25, 0.3) is 0 Å². The van der Waals surface area contributed by atoms with Gasteiger partial charge in [-0.15, -0.1) is 0 Å². The van der Waals surface area contributed by atoms with E-state index in [-0.39, 0.29) is 46.5 Å². The second-order valence-corrected chi connectivity index (χ2v) is 9.53. The number of hydrogen-bond donors (Lipinski definition) is 1. The van der Waals surface area contributed by atoms with Gasteiger partial charge in [-0.25, -0.2) is 17.8 Å². The van der Waals surface area contributed by atoms with Crippen LogP contribution in [-0.2, 0) is 10.0 Å². The third kappa shape index (κ3) is 4.24. The first kappa shape index (κ1) is 20.1. The Balaban J connectivity index is 1.94. The molecule has 2 aromatic rings. The van der Waals surface area contributed by atoms with Gasteiger partial charge in [0.25, 0.3) is 15.9 Å². The van der Waals surface area contributed by atoms with E-state index in [2.05, 4.69) is 10.3 Å². The Hall–Kier alpha value is -2.68.